The van der Waals surface area contributed by atoms with Crippen LogP contribution in [-0.4, -0.2) is 33.5 Å². The van der Waals surface area contributed by atoms with E-state index in [1.807, 2.05) is 38.1 Å². The molecule has 0 fully saturated rings. The van der Waals surface area contributed by atoms with Crippen LogP contribution in [0.15, 0.2) is 24.3 Å². The fourth-order valence-corrected chi connectivity index (χ4v) is 2.80. The minimum absolute atomic E-state index is 0.269. The van der Waals surface area contributed by atoms with Crippen LogP contribution in [0.4, 0.5) is 0 Å². The average molecular weight is 290 g/mol. The zero-order valence-corrected chi connectivity index (χ0v) is 12.5. The van der Waals surface area contributed by atoms with Crippen LogP contribution in [0.2, 0.25) is 0 Å². The van der Waals surface area contributed by atoms with Gasteiger partial charge in [-0.25, -0.2) is 4.79 Å². The first-order valence-corrected chi connectivity index (χ1v) is 7.32. The number of amides is 1. The third-order valence-corrected chi connectivity index (χ3v) is 4.48. The van der Waals surface area contributed by atoms with E-state index in [1.54, 1.807) is 0 Å². The van der Waals surface area contributed by atoms with Gasteiger partial charge < -0.3 is 15.7 Å². The van der Waals surface area contributed by atoms with E-state index >= 15 is 0 Å². The van der Waals surface area contributed by atoms with E-state index in [0.29, 0.717) is 25.8 Å². The third-order valence-electron chi connectivity index (χ3n) is 4.48. The average Bonchev–Trinajstić information content (AvgIpc) is 2.52. The molecule has 5 nitrogen and oxygen atoms in total. The summed E-state index contributed by atoms with van der Waals surface area (Å²) in [7, 11) is 0. The van der Waals surface area contributed by atoms with Gasteiger partial charge >= 0.3 is 5.97 Å². The van der Waals surface area contributed by atoms with Crippen LogP contribution in [0.3, 0.4) is 0 Å². The number of fused-ring (bicyclic) bond motifs is 1. The first-order chi connectivity index (χ1) is 9.92. The summed E-state index contributed by atoms with van der Waals surface area (Å²) in [5.41, 5.74) is 7.17. The summed E-state index contributed by atoms with van der Waals surface area (Å²) in [4.78, 5) is 25.7. The number of hydrogen-bond acceptors (Lipinski definition) is 3. The van der Waals surface area contributed by atoms with Gasteiger partial charge in [0.15, 0.2) is 0 Å². The molecule has 1 aromatic carbocycles. The molecule has 2 rings (SSSR count). The van der Waals surface area contributed by atoms with E-state index < -0.39 is 17.6 Å². The van der Waals surface area contributed by atoms with Crippen LogP contribution < -0.4 is 5.73 Å². The number of carbonyl (C=O) groups excluding carboxylic acids is 1. The number of benzene rings is 1. The largest absolute Gasteiger partial charge is 0.480 e. The molecule has 1 aliphatic rings. The molecule has 3 N–H and O–H groups in total. The maximum Gasteiger partial charge on any atom is 0.326 e. The van der Waals surface area contributed by atoms with Crippen molar-refractivity contribution in [2.75, 3.05) is 0 Å². The van der Waals surface area contributed by atoms with E-state index in [9.17, 15) is 14.7 Å². The first-order valence-electron chi connectivity index (χ1n) is 7.32. The van der Waals surface area contributed by atoms with Crippen LogP contribution in [0, 0.1) is 0 Å². The molecule has 1 aliphatic heterocycles. The molecule has 1 amide bonds. The van der Waals surface area contributed by atoms with Crippen molar-refractivity contribution < 1.29 is 14.7 Å². The van der Waals surface area contributed by atoms with Crippen molar-refractivity contribution in [3.05, 3.63) is 35.4 Å². The van der Waals surface area contributed by atoms with Crippen LogP contribution in [0.5, 0.6) is 0 Å². The summed E-state index contributed by atoms with van der Waals surface area (Å²) in [6, 6.07) is 6.80. The molecular formula is C16H22N2O3. The van der Waals surface area contributed by atoms with Crippen LogP contribution in [-0.2, 0) is 22.6 Å². The second-order valence-corrected chi connectivity index (χ2v) is 5.62. The van der Waals surface area contributed by atoms with Gasteiger partial charge in [-0.2, -0.15) is 0 Å². The summed E-state index contributed by atoms with van der Waals surface area (Å²) >= 11 is 0. The molecule has 0 spiro atoms. The molecule has 0 radical (unpaired) electrons. The minimum atomic E-state index is -0.986. The van der Waals surface area contributed by atoms with Crippen molar-refractivity contribution in [1.82, 2.24) is 4.90 Å². The van der Waals surface area contributed by atoms with Crippen LogP contribution >= 0.6 is 0 Å². The monoisotopic (exact) mass is 290 g/mol. The second kappa shape index (κ2) is 5.85. The zero-order valence-electron chi connectivity index (χ0n) is 12.5. The Morgan fingerprint density at radius 1 is 1.29 bits per heavy atom. The SMILES string of the molecule is CCC(N)(CC)C(=O)N1Cc2ccccc2C[C@@H]1C(=O)O. The quantitative estimate of drug-likeness (QED) is 0.881. The first kappa shape index (κ1) is 15.5. The van der Waals surface area contributed by atoms with Gasteiger partial charge in [-0.15, -0.1) is 0 Å². The lowest BCUT2D eigenvalue weighted by atomic mass is 9.88. The molecule has 1 aromatic rings. The molecular weight excluding hydrogens is 268 g/mol. The lowest BCUT2D eigenvalue weighted by Gasteiger charge is -2.39. The van der Waals surface area contributed by atoms with E-state index in [2.05, 4.69) is 0 Å². The number of carboxylic acids is 1. The van der Waals surface area contributed by atoms with E-state index in [-0.39, 0.29) is 5.91 Å². The normalized spacial score (nSPS) is 18.2. The Bertz CT molecular complexity index is 552. The second-order valence-electron chi connectivity index (χ2n) is 5.62. The fourth-order valence-electron chi connectivity index (χ4n) is 2.80. The lowest BCUT2D eigenvalue weighted by molar-refractivity contribution is -0.154. The molecule has 5 heteroatoms. The van der Waals surface area contributed by atoms with Gasteiger partial charge in [-0.3, -0.25) is 4.79 Å². The maximum absolute atomic E-state index is 12.7. The predicted octanol–water partition coefficient (Wildman–Crippen LogP) is 1.54. The van der Waals surface area contributed by atoms with Crippen molar-refractivity contribution in [3.63, 3.8) is 0 Å². The summed E-state index contributed by atoms with van der Waals surface area (Å²) < 4.78 is 0. The Labute approximate surface area is 124 Å². The summed E-state index contributed by atoms with van der Waals surface area (Å²) in [6.07, 6.45) is 1.32. The number of carbonyl (C=O) groups is 2. The summed E-state index contributed by atoms with van der Waals surface area (Å²) in [5, 5.41) is 9.46. The van der Waals surface area contributed by atoms with E-state index in [4.69, 9.17) is 5.73 Å². The van der Waals surface area contributed by atoms with Crippen LogP contribution in [0.1, 0.15) is 37.8 Å². The third kappa shape index (κ3) is 2.78. The number of nitrogens with two attached hydrogens (primary N) is 1. The summed E-state index contributed by atoms with van der Waals surface area (Å²) in [6.45, 7) is 4.02. The molecule has 1 atom stereocenters. The van der Waals surface area contributed by atoms with Gasteiger partial charge in [0.2, 0.25) is 5.91 Å². The number of rotatable bonds is 4. The number of carboxylic acid groups (broad SMARTS) is 1. The van der Waals surface area contributed by atoms with E-state index in [0.717, 1.165) is 11.1 Å². The highest BCUT2D eigenvalue weighted by Crippen LogP contribution is 2.27. The van der Waals surface area contributed by atoms with Gasteiger partial charge in [0, 0.05) is 13.0 Å². The molecule has 1 heterocycles. The topological polar surface area (TPSA) is 83.6 Å². The Balaban J connectivity index is 2.37. The number of hydrogen-bond donors (Lipinski definition) is 2. The van der Waals surface area contributed by atoms with Crippen molar-refractivity contribution in [2.24, 2.45) is 5.73 Å². The minimum Gasteiger partial charge on any atom is -0.480 e. The molecule has 0 unspecified atom stereocenters. The smallest absolute Gasteiger partial charge is 0.326 e. The Hall–Kier alpha value is -1.88. The Morgan fingerprint density at radius 2 is 1.86 bits per heavy atom. The van der Waals surface area contributed by atoms with Crippen molar-refractivity contribution in [3.8, 4) is 0 Å². The van der Waals surface area contributed by atoms with Gasteiger partial charge in [0.05, 0.1) is 5.54 Å². The van der Waals surface area contributed by atoms with Crippen molar-refractivity contribution in [2.45, 2.75) is 51.2 Å². The van der Waals surface area contributed by atoms with Gasteiger partial charge in [0.25, 0.3) is 0 Å². The van der Waals surface area contributed by atoms with Gasteiger partial charge in [-0.1, -0.05) is 38.1 Å². The fraction of sp³-hybridized carbons (Fsp3) is 0.500. The maximum atomic E-state index is 12.7. The lowest BCUT2D eigenvalue weighted by Crippen LogP contribution is -2.59. The highest BCUT2D eigenvalue weighted by Gasteiger charge is 2.41. The highest BCUT2D eigenvalue weighted by atomic mass is 16.4. The summed E-state index contributed by atoms with van der Waals surface area (Å²) in [5.74, 6) is -1.25. The molecule has 0 saturated heterocycles. The Morgan fingerprint density at radius 3 is 2.38 bits per heavy atom. The molecule has 0 saturated carbocycles. The number of nitrogens with zero attached hydrogens (tertiary/aromatic N) is 1. The molecule has 0 bridgehead atoms. The standard InChI is InChI=1S/C16H22N2O3/c1-3-16(17,4-2)15(21)18-10-12-8-6-5-7-11(12)9-13(18)14(19)20/h5-8,13H,3-4,9-10,17H2,1-2H3,(H,19,20)/t13-/m1/s1. The predicted molar refractivity (Wildman–Crippen MR) is 79.6 cm³/mol. The van der Waals surface area contributed by atoms with Crippen molar-refractivity contribution in [1.29, 1.82) is 0 Å². The van der Waals surface area contributed by atoms with Crippen molar-refractivity contribution >= 4 is 11.9 Å². The van der Waals surface area contributed by atoms with Gasteiger partial charge in [0.1, 0.15) is 6.04 Å². The zero-order chi connectivity index (χ0) is 15.6. The molecule has 114 valence electrons. The van der Waals surface area contributed by atoms with Gasteiger partial charge in [-0.05, 0) is 24.0 Å². The van der Waals surface area contributed by atoms with E-state index in [1.165, 1.54) is 4.90 Å². The molecule has 21 heavy (non-hydrogen) atoms. The number of aliphatic carboxylic acids is 1. The Kier molecular flexibility index (Phi) is 4.32. The highest BCUT2D eigenvalue weighted by molar-refractivity contribution is 5.90. The van der Waals surface area contributed by atoms with Crippen LogP contribution in [0.25, 0.3) is 0 Å². The molecule has 0 aliphatic carbocycles. The molecule has 0 aromatic heterocycles.